The highest BCUT2D eigenvalue weighted by atomic mass is 19.1. The Kier molecular flexibility index (Phi) is 5.79. The number of rotatable bonds is 6. The molecular formula is C26H26FN5O2. The number of hydrogen-bond acceptors (Lipinski definition) is 4. The number of H-pyrrole nitrogens is 1. The number of aromatic nitrogens is 3. The van der Waals surface area contributed by atoms with Crippen molar-refractivity contribution in [3.63, 3.8) is 0 Å². The summed E-state index contributed by atoms with van der Waals surface area (Å²) in [7, 11) is 0. The summed E-state index contributed by atoms with van der Waals surface area (Å²) < 4.78 is 20.5. The maximum Gasteiger partial charge on any atom is 0.269 e. The lowest BCUT2D eigenvalue weighted by Gasteiger charge is -2.30. The summed E-state index contributed by atoms with van der Waals surface area (Å²) in [6.07, 6.45) is 8.07. The summed E-state index contributed by atoms with van der Waals surface area (Å²) in [4.78, 5) is 18.1. The van der Waals surface area contributed by atoms with Crippen LogP contribution in [0.1, 0.15) is 41.7 Å². The van der Waals surface area contributed by atoms with Gasteiger partial charge in [-0.2, -0.15) is 5.10 Å². The number of likely N-dealkylation sites (tertiary alicyclic amines) is 1. The highest BCUT2D eigenvalue weighted by Crippen LogP contribution is 2.34. The lowest BCUT2D eigenvalue weighted by atomic mass is 9.91. The van der Waals surface area contributed by atoms with Crippen molar-refractivity contribution in [3.05, 3.63) is 84.1 Å². The molecule has 0 spiro atoms. The first kappa shape index (κ1) is 21.8. The van der Waals surface area contributed by atoms with Crippen molar-refractivity contribution in [2.75, 3.05) is 13.1 Å². The Labute approximate surface area is 196 Å². The van der Waals surface area contributed by atoms with Crippen molar-refractivity contribution in [1.29, 1.82) is 0 Å². The van der Waals surface area contributed by atoms with Crippen LogP contribution in [0.15, 0.2) is 67.0 Å². The zero-order chi connectivity index (χ0) is 23.7. The number of allylic oxidation sites excluding steroid dienone is 1. The zero-order valence-electron chi connectivity index (χ0n) is 18.9. The van der Waals surface area contributed by atoms with Crippen molar-refractivity contribution in [2.24, 2.45) is 5.73 Å². The fourth-order valence-corrected chi connectivity index (χ4v) is 4.57. The number of carbonyl (C=O) groups is 1. The molecule has 34 heavy (non-hydrogen) atoms. The Morgan fingerprint density at radius 1 is 1.12 bits per heavy atom. The van der Waals surface area contributed by atoms with E-state index in [4.69, 9.17) is 10.5 Å². The fraction of sp³-hybridized carbons (Fsp3) is 0.231. The Balaban J connectivity index is 1.43. The van der Waals surface area contributed by atoms with Gasteiger partial charge >= 0.3 is 0 Å². The second-order valence-corrected chi connectivity index (χ2v) is 8.45. The first-order valence-corrected chi connectivity index (χ1v) is 11.3. The Morgan fingerprint density at radius 3 is 2.38 bits per heavy atom. The summed E-state index contributed by atoms with van der Waals surface area (Å²) in [5.41, 5.74) is 9.40. The maximum atomic E-state index is 13.1. The van der Waals surface area contributed by atoms with Crippen LogP contribution in [0.5, 0.6) is 11.5 Å². The normalized spacial score (nSPS) is 14.8. The van der Waals surface area contributed by atoms with Gasteiger partial charge in [0.1, 0.15) is 23.0 Å². The van der Waals surface area contributed by atoms with Crippen molar-refractivity contribution in [3.8, 4) is 22.8 Å². The first-order chi connectivity index (χ1) is 16.5. The quantitative estimate of drug-likeness (QED) is 0.421. The number of hydrogen-bond donors (Lipinski definition) is 2. The minimum Gasteiger partial charge on any atom is -0.457 e. The molecule has 2 aromatic carbocycles. The van der Waals surface area contributed by atoms with Gasteiger partial charge in [-0.15, -0.1) is 0 Å². The lowest BCUT2D eigenvalue weighted by molar-refractivity contribution is 0.0994. The van der Waals surface area contributed by atoms with Gasteiger partial charge in [0.2, 0.25) is 0 Å². The molecule has 0 saturated carbocycles. The fourth-order valence-electron chi connectivity index (χ4n) is 4.57. The molecule has 8 heteroatoms. The molecule has 5 rings (SSSR count). The highest BCUT2D eigenvalue weighted by Gasteiger charge is 2.26. The monoisotopic (exact) mass is 459 g/mol. The SMILES string of the molecule is CC=CN1CCC(c2cnn3c(C(N)=O)c(-c4ccc(Oc5ccc(F)cc5)cc4)[nH]c23)CC1. The van der Waals surface area contributed by atoms with Crippen LogP contribution in [0.25, 0.3) is 16.9 Å². The van der Waals surface area contributed by atoms with Gasteiger partial charge in [0.15, 0.2) is 5.69 Å². The largest absolute Gasteiger partial charge is 0.457 e. The van der Waals surface area contributed by atoms with Crippen LogP contribution in [-0.2, 0) is 0 Å². The number of amides is 1. The molecule has 0 aliphatic carbocycles. The number of nitrogens with one attached hydrogen (secondary N) is 1. The number of benzene rings is 2. The topological polar surface area (TPSA) is 88.7 Å². The number of aromatic amines is 1. The van der Waals surface area contributed by atoms with Crippen LogP contribution in [0.2, 0.25) is 0 Å². The Hall–Kier alpha value is -4.07. The van der Waals surface area contributed by atoms with Crippen LogP contribution >= 0.6 is 0 Å². The van der Waals surface area contributed by atoms with Gasteiger partial charge in [-0.25, -0.2) is 8.91 Å². The third kappa shape index (κ3) is 4.14. The predicted octanol–water partition coefficient (Wildman–Crippen LogP) is 5.07. The second kappa shape index (κ2) is 9.05. The van der Waals surface area contributed by atoms with E-state index in [1.807, 2.05) is 25.3 Å². The minimum atomic E-state index is -0.551. The Bertz CT molecular complexity index is 1330. The predicted molar refractivity (Wildman–Crippen MR) is 128 cm³/mol. The number of piperidine rings is 1. The number of halogens is 1. The van der Waals surface area contributed by atoms with E-state index in [-0.39, 0.29) is 5.82 Å². The number of fused-ring (bicyclic) bond motifs is 1. The number of nitrogens with two attached hydrogens (primary N) is 1. The van der Waals surface area contributed by atoms with E-state index in [1.54, 1.807) is 28.8 Å². The van der Waals surface area contributed by atoms with Crippen molar-refractivity contribution in [1.82, 2.24) is 19.5 Å². The highest BCUT2D eigenvalue weighted by molar-refractivity contribution is 5.98. The molecule has 0 unspecified atom stereocenters. The van der Waals surface area contributed by atoms with Crippen LogP contribution in [0.3, 0.4) is 0 Å². The molecule has 3 N–H and O–H groups in total. The average Bonchev–Trinajstić information content (AvgIpc) is 3.41. The molecule has 3 heterocycles. The number of ether oxygens (including phenoxy) is 1. The van der Waals surface area contributed by atoms with E-state index in [2.05, 4.69) is 27.3 Å². The Morgan fingerprint density at radius 2 is 1.76 bits per heavy atom. The third-order valence-corrected chi connectivity index (χ3v) is 6.24. The number of primary amides is 1. The number of carbonyl (C=O) groups excluding carboxylic acids is 1. The lowest BCUT2D eigenvalue weighted by Crippen LogP contribution is -2.28. The van der Waals surface area contributed by atoms with Crippen molar-refractivity contribution >= 4 is 11.6 Å². The average molecular weight is 460 g/mol. The first-order valence-electron chi connectivity index (χ1n) is 11.3. The number of nitrogens with zero attached hydrogens (tertiary/aromatic N) is 3. The molecule has 2 aromatic heterocycles. The number of imidazole rings is 1. The van der Waals surface area contributed by atoms with E-state index in [9.17, 15) is 9.18 Å². The van der Waals surface area contributed by atoms with Crippen molar-refractivity contribution in [2.45, 2.75) is 25.7 Å². The van der Waals surface area contributed by atoms with Crippen LogP contribution in [0.4, 0.5) is 4.39 Å². The van der Waals surface area contributed by atoms with Crippen LogP contribution < -0.4 is 10.5 Å². The van der Waals surface area contributed by atoms with E-state index in [0.717, 1.165) is 42.7 Å². The molecule has 0 bridgehead atoms. The van der Waals surface area contributed by atoms with Gasteiger partial charge < -0.3 is 20.4 Å². The van der Waals surface area contributed by atoms with Gasteiger partial charge in [-0.3, -0.25) is 4.79 Å². The standard InChI is InChI=1S/C26H26FN5O2/c1-2-13-31-14-11-17(12-15-31)22-16-29-32-24(25(28)33)23(30-26(22)32)18-3-7-20(8-4-18)34-21-9-5-19(27)6-10-21/h2-10,13,16-17,30H,11-12,14-15H2,1H3,(H2,28,33). The zero-order valence-corrected chi connectivity index (χ0v) is 18.9. The smallest absolute Gasteiger partial charge is 0.269 e. The summed E-state index contributed by atoms with van der Waals surface area (Å²) in [5, 5.41) is 4.50. The molecule has 1 saturated heterocycles. The maximum absolute atomic E-state index is 13.1. The van der Waals surface area contributed by atoms with E-state index < -0.39 is 5.91 Å². The molecule has 1 aliphatic heterocycles. The van der Waals surface area contributed by atoms with Gasteiger partial charge in [0.05, 0.1) is 11.9 Å². The molecule has 174 valence electrons. The van der Waals surface area contributed by atoms with E-state index >= 15 is 0 Å². The molecule has 4 aromatic rings. The van der Waals surface area contributed by atoms with E-state index in [0.29, 0.717) is 28.8 Å². The van der Waals surface area contributed by atoms with Gasteiger partial charge in [-0.05, 0) is 80.4 Å². The molecule has 1 aliphatic rings. The summed E-state index contributed by atoms with van der Waals surface area (Å²) >= 11 is 0. The summed E-state index contributed by atoms with van der Waals surface area (Å²) in [6, 6.07) is 13.1. The molecule has 7 nitrogen and oxygen atoms in total. The van der Waals surface area contributed by atoms with Gasteiger partial charge in [0, 0.05) is 24.2 Å². The molecule has 0 radical (unpaired) electrons. The third-order valence-electron chi connectivity index (χ3n) is 6.24. The van der Waals surface area contributed by atoms with Gasteiger partial charge in [0.25, 0.3) is 5.91 Å². The van der Waals surface area contributed by atoms with Gasteiger partial charge in [-0.1, -0.05) is 6.08 Å². The molecule has 1 amide bonds. The second-order valence-electron chi connectivity index (χ2n) is 8.45. The molecule has 0 atom stereocenters. The van der Waals surface area contributed by atoms with Crippen molar-refractivity contribution < 1.29 is 13.9 Å². The van der Waals surface area contributed by atoms with Crippen LogP contribution in [-0.4, -0.2) is 38.5 Å². The minimum absolute atomic E-state index is 0.318. The molecular weight excluding hydrogens is 433 g/mol. The van der Waals surface area contributed by atoms with Crippen LogP contribution in [0, 0.1) is 5.82 Å². The summed E-state index contributed by atoms with van der Waals surface area (Å²) in [5.74, 6) is 0.626. The molecule has 1 fully saturated rings. The summed E-state index contributed by atoms with van der Waals surface area (Å²) in [6.45, 7) is 4.00. The van der Waals surface area contributed by atoms with E-state index in [1.165, 1.54) is 12.1 Å².